The molecule has 0 radical (unpaired) electrons. The normalized spacial score (nSPS) is 11.1. The van der Waals surface area contributed by atoms with Gasteiger partial charge in [-0.25, -0.2) is 4.52 Å². The smallest absolute Gasteiger partial charge is 0.270 e. The SMILES string of the molecule is NNc1ccc2c(c1)n1nccc1n[n+]2[O-]. The molecule has 3 N–H and O–H groups in total. The standard InChI is InChI=1S/C9H8N6O/c10-12-6-1-2-7-8(5-6)14-9(3-4-11-14)13-15(7)16/h1-5,12H,10H2. The van der Waals surface area contributed by atoms with Crippen molar-refractivity contribution in [1.82, 2.24) is 14.7 Å². The largest absolute Gasteiger partial charge is 0.594 e. The van der Waals surface area contributed by atoms with Crippen LogP contribution in [0.3, 0.4) is 0 Å². The maximum atomic E-state index is 11.6. The Kier molecular flexibility index (Phi) is 1.68. The highest BCUT2D eigenvalue weighted by Gasteiger charge is 2.11. The van der Waals surface area contributed by atoms with Gasteiger partial charge < -0.3 is 10.6 Å². The van der Waals surface area contributed by atoms with Gasteiger partial charge in [-0.3, -0.25) is 5.84 Å². The quantitative estimate of drug-likeness (QED) is 0.254. The monoisotopic (exact) mass is 216 g/mol. The van der Waals surface area contributed by atoms with Crippen molar-refractivity contribution in [2.24, 2.45) is 5.84 Å². The first-order chi connectivity index (χ1) is 7.79. The summed E-state index contributed by atoms with van der Waals surface area (Å²) in [6.07, 6.45) is 1.59. The molecular formula is C9H8N6O. The highest BCUT2D eigenvalue weighted by Crippen LogP contribution is 2.15. The van der Waals surface area contributed by atoms with Gasteiger partial charge in [-0.1, -0.05) is 0 Å². The third-order valence-electron chi connectivity index (χ3n) is 2.39. The predicted octanol–water partition coefficient (Wildman–Crippen LogP) is -0.198. The van der Waals surface area contributed by atoms with Crippen molar-refractivity contribution in [2.75, 3.05) is 5.43 Å². The highest BCUT2D eigenvalue weighted by atomic mass is 16.5. The van der Waals surface area contributed by atoms with Crippen molar-refractivity contribution in [2.45, 2.75) is 0 Å². The number of hydrogen-bond acceptors (Lipinski definition) is 5. The summed E-state index contributed by atoms with van der Waals surface area (Å²) in [7, 11) is 0. The molecule has 80 valence electrons. The molecule has 1 aromatic carbocycles. The summed E-state index contributed by atoms with van der Waals surface area (Å²) in [4.78, 5) is 0.576. The van der Waals surface area contributed by atoms with Crippen molar-refractivity contribution in [3.63, 3.8) is 0 Å². The van der Waals surface area contributed by atoms with Crippen LogP contribution < -0.4 is 16.1 Å². The van der Waals surface area contributed by atoms with Crippen molar-refractivity contribution < 1.29 is 4.85 Å². The summed E-state index contributed by atoms with van der Waals surface area (Å²) in [6.45, 7) is 0. The van der Waals surface area contributed by atoms with Gasteiger partial charge >= 0.3 is 0 Å². The highest BCUT2D eigenvalue weighted by molar-refractivity contribution is 5.77. The summed E-state index contributed by atoms with van der Waals surface area (Å²) >= 11 is 0. The fraction of sp³-hybridized carbons (Fsp3) is 0. The Bertz CT molecular complexity index is 676. The van der Waals surface area contributed by atoms with Crippen molar-refractivity contribution >= 4 is 22.4 Å². The molecule has 7 heteroatoms. The second-order valence-electron chi connectivity index (χ2n) is 3.32. The van der Waals surface area contributed by atoms with Gasteiger partial charge in [0, 0.05) is 17.2 Å². The average Bonchev–Trinajstić information content (AvgIpc) is 2.76. The van der Waals surface area contributed by atoms with Gasteiger partial charge in [0.2, 0.25) is 5.65 Å². The van der Waals surface area contributed by atoms with Gasteiger partial charge in [0.15, 0.2) is 0 Å². The molecule has 0 saturated carbocycles. The van der Waals surface area contributed by atoms with E-state index in [4.69, 9.17) is 5.84 Å². The van der Waals surface area contributed by atoms with E-state index < -0.39 is 0 Å². The Labute approximate surface area is 89.6 Å². The first kappa shape index (κ1) is 8.86. The van der Waals surface area contributed by atoms with Crippen LogP contribution >= 0.6 is 0 Å². The second kappa shape index (κ2) is 3.04. The van der Waals surface area contributed by atoms with Gasteiger partial charge in [-0.2, -0.15) is 5.10 Å². The Morgan fingerprint density at radius 2 is 2.25 bits per heavy atom. The molecule has 0 saturated heterocycles. The number of aromatic nitrogens is 4. The molecule has 0 spiro atoms. The summed E-state index contributed by atoms with van der Waals surface area (Å²) in [5.41, 5.74) is 4.82. The molecule has 0 unspecified atom stereocenters. The molecule has 7 nitrogen and oxygen atoms in total. The Morgan fingerprint density at radius 1 is 1.38 bits per heavy atom. The number of hydrazine groups is 1. The lowest BCUT2D eigenvalue weighted by Gasteiger charge is -2.03. The van der Waals surface area contributed by atoms with E-state index in [2.05, 4.69) is 15.6 Å². The van der Waals surface area contributed by atoms with Gasteiger partial charge in [-0.15, -0.1) is 0 Å². The van der Waals surface area contributed by atoms with Crippen LogP contribution in [0.5, 0.6) is 0 Å². The molecule has 0 bridgehead atoms. The van der Waals surface area contributed by atoms with Crippen molar-refractivity contribution in [3.05, 3.63) is 35.7 Å². The molecule has 2 aromatic heterocycles. The molecule has 0 aliphatic carbocycles. The number of nitrogens with two attached hydrogens (primary N) is 1. The number of rotatable bonds is 1. The minimum atomic E-state index is 0.440. The Morgan fingerprint density at radius 3 is 3.06 bits per heavy atom. The van der Waals surface area contributed by atoms with Gasteiger partial charge in [-0.05, 0) is 17.0 Å². The van der Waals surface area contributed by atoms with Crippen molar-refractivity contribution in [3.8, 4) is 0 Å². The molecule has 0 aliphatic rings. The number of benzene rings is 1. The third-order valence-corrected chi connectivity index (χ3v) is 2.39. The zero-order valence-electron chi connectivity index (χ0n) is 8.16. The topological polar surface area (TPSA) is 95.2 Å². The second-order valence-corrected chi connectivity index (χ2v) is 3.32. The van der Waals surface area contributed by atoms with E-state index in [9.17, 15) is 5.21 Å². The number of nitrogen functional groups attached to an aromatic ring is 1. The van der Waals surface area contributed by atoms with E-state index in [-0.39, 0.29) is 0 Å². The lowest BCUT2D eigenvalue weighted by molar-refractivity contribution is -0.640. The molecule has 2 heterocycles. The fourth-order valence-corrected chi connectivity index (χ4v) is 1.65. The van der Waals surface area contributed by atoms with Crippen LogP contribution in [0.4, 0.5) is 5.69 Å². The third kappa shape index (κ3) is 1.09. The maximum Gasteiger partial charge on any atom is 0.270 e. The first-order valence-electron chi connectivity index (χ1n) is 4.63. The number of nitrogens with one attached hydrogen (secondary N) is 1. The fourth-order valence-electron chi connectivity index (χ4n) is 1.65. The van der Waals surface area contributed by atoms with Crippen LogP contribution in [0, 0.1) is 5.21 Å². The molecular weight excluding hydrogens is 208 g/mol. The molecule has 3 aromatic rings. The molecule has 3 rings (SSSR count). The van der Waals surface area contributed by atoms with E-state index in [0.717, 1.165) is 0 Å². The Balaban J connectivity index is 2.52. The molecule has 0 aliphatic heterocycles. The number of anilines is 1. The van der Waals surface area contributed by atoms with Crippen molar-refractivity contribution in [1.29, 1.82) is 0 Å². The van der Waals surface area contributed by atoms with E-state index in [0.29, 0.717) is 27.2 Å². The number of fused-ring (bicyclic) bond motifs is 3. The van der Waals surface area contributed by atoms with E-state index in [1.165, 1.54) is 0 Å². The predicted molar refractivity (Wildman–Crippen MR) is 57.3 cm³/mol. The van der Waals surface area contributed by atoms with Crippen LogP contribution in [0.1, 0.15) is 0 Å². The van der Waals surface area contributed by atoms with E-state index in [1.54, 1.807) is 35.0 Å². The van der Waals surface area contributed by atoms with E-state index in [1.807, 2.05) is 0 Å². The van der Waals surface area contributed by atoms with Gasteiger partial charge in [0.05, 0.1) is 11.9 Å². The lowest BCUT2D eigenvalue weighted by atomic mass is 10.3. The first-order valence-corrected chi connectivity index (χ1v) is 4.63. The zero-order valence-corrected chi connectivity index (χ0v) is 8.16. The van der Waals surface area contributed by atoms with Crippen LogP contribution in [-0.4, -0.2) is 14.7 Å². The van der Waals surface area contributed by atoms with Crippen LogP contribution in [0.25, 0.3) is 16.7 Å². The van der Waals surface area contributed by atoms with Crippen LogP contribution in [0.15, 0.2) is 30.5 Å². The lowest BCUT2D eigenvalue weighted by Crippen LogP contribution is -2.33. The summed E-state index contributed by atoms with van der Waals surface area (Å²) < 4.78 is 1.59. The molecule has 0 fully saturated rings. The zero-order chi connectivity index (χ0) is 11.1. The summed E-state index contributed by atoms with van der Waals surface area (Å²) in [5.74, 6) is 5.32. The maximum absolute atomic E-state index is 11.6. The summed E-state index contributed by atoms with van der Waals surface area (Å²) in [6, 6.07) is 6.75. The minimum Gasteiger partial charge on any atom is -0.594 e. The molecule has 0 atom stereocenters. The minimum absolute atomic E-state index is 0.440. The van der Waals surface area contributed by atoms with Crippen LogP contribution in [-0.2, 0) is 0 Å². The summed E-state index contributed by atoms with van der Waals surface area (Å²) in [5, 5.41) is 19.5. The van der Waals surface area contributed by atoms with Gasteiger partial charge in [0.25, 0.3) is 5.52 Å². The van der Waals surface area contributed by atoms with Gasteiger partial charge in [0.1, 0.15) is 5.52 Å². The number of hydrogen-bond donors (Lipinski definition) is 2. The Hall–Kier alpha value is -2.41. The van der Waals surface area contributed by atoms with E-state index >= 15 is 0 Å². The average molecular weight is 216 g/mol. The number of nitrogens with zero attached hydrogens (tertiary/aromatic N) is 4. The van der Waals surface area contributed by atoms with Crippen LogP contribution in [0.2, 0.25) is 0 Å². The molecule has 0 amide bonds. The molecule has 16 heavy (non-hydrogen) atoms.